The fraction of sp³-hybridized carbons (Fsp3) is 0.467. The van der Waals surface area contributed by atoms with E-state index < -0.39 is 0 Å². The van der Waals surface area contributed by atoms with E-state index >= 15 is 0 Å². The lowest BCUT2D eigenvalue weighted by molar-refractivity contribution is -0.117. The number of nitriles is 1. The molecular formula is C15H19N3O2. The van der Waals surface area contributed by atoms with Gasteiger partial charge >= 0.3 is 0 Å². The van der Waals surface area contributed by atoms with E-state index in [9.17, 15) is 4.79 Å². The van der Waals surface area contributed by atoms with Gasteiger partial charge in [0.25, 0.3) is 0 Å². The second kappa shape index (κ2) is 7.04. The Kier molecular flexibility index (Phi) is 5.10. The van der Waals surface area contributed by atoms with Crippen molar-refractivity contribution in [1.82, 2.24) is 4.90 Å². The molecule has 0 saturated heterocycles. The largest absolute Gasteiger partial charge is 0.383 e. The first-order valence-electron chi connectivity index (χ1n) is 6.76. The number of amides is 1. The summed E-state index contributed by atoms with van der Waals surface area (Å²) in [5, 5.41) is 11.7. The molecule has 1 N–H and O–H groups in total. The highest BCUT2D eigenvalue weighted by Gasteiger charge is 2.29. The van der Waals surface area contributed by atoms with Crippen LogP contribution in [0.4, 0.5) is 5.69 Å². The van der Waals surface area contributed by atoms with Crippen molar-refractivity contribution in [3.8, 4) is 6.07 Å². The Hall–Kier alpha value is -1.90. The summed E-state index contributed by atoms with van der Waals surface area (Å²) in [6, 6.07) is 9.51. The molecule has 0 atom stereocenters. The Morgan fingerprint density at radius 3 is 3.00 bits per heavy atom. The van der Waals surface area contributed by atoms with Crippen LogP contribution in [-0.4, -0.2) is 43.7 Å². The zero-order valence-corrected chi connectivity index (χ0v) is 11.6. The number of anilines is 1. The summed E-state index contributed by atoms with van der Waals surface area (Å²) in [5.74, 6) is -0.0527. The Bertz CT molecular complexity index is 506. The number of ether oxygens (including phenoxy) is 1. The lowest BCUT2D eigenvalue weighted by Gasteiger charge is -2.20. The number of carbonyl (C=O) groups excluding carboxylic acids is 1. The fourth-order valence-corrected chi connectivity index (χ4v) is 2.09. The SMILES string of the molecule is COCCN(CC(=O)Nc1cccc(C#N)c1)C1CC1. The van der Waals surface area contributed by atoms with Crippen LogP contribution < -0.4 is 5.32 Å². The molecule has 0 aromatic heterocycles. The average molecular weight is 273 g/mol. The maximum atomic E-state index is 12.0. The van der Waals surface area contributed by atoms with E-state index in [1.165, 1.54) is 0 Å². The number of hydrogen-bond donors (Lipinski definition) is 1. The highest BCUT2D eigenvalue weighted by Crippen LogP contribution is 2.26. The summed E-state index contributed by atoms with van der Waals surface area (Å²) in [6.45, 7) is 1.77. The molecule has 1 aromatic carbocycles. The molecule has 5 heteroatoms. The number of benzene rings is 1. The summed E-state index contributed by atoms with van der Waals surface area (Å²) in [5.41, 5.74) is 1.21. The van der Waals surface area contributed by atoms with Gasteiger partial charge in [-0.1, -0.05) is 6.07 Å². The minimum atomic E-state index is -0.0527. The predicted molar refractivity (Wildman–Crippen MR) is 76.3 cm³/mol. The molecule has 0 bridgehead atoms. The lowest BCUT2D eigenvalue weighted by Crippen LogP contribution is -2.37. The first-order valence-corrected chi connectivity index (χ1v) is 6.76. The van der Waals surface area contributed by atoms with Gasteiger partial charge < -0.3 is 10.1 Å². The van der Waals surface area contributed by atoms with Gasteiger partial charge in [0, 0.05) is 25.4 Å². The van der Waals surface area contributed by atoms with Gasteiger partial charge in [0.05, 0.1) is 24.8 Å². The van der Waals surface area contributed by atoms with E-state index in [1.807, 2.05) is 0 Å². The van der Waals surface area contributed by atoms with Crippen molar-refractivity contribution < 1.29 is 9.53 Å². The van der Waals surface area contributed by atoms with Crippen LogP contribution in [0.15, 0.2) is 24.3 Å². The van der Waals surface area contributed by atoms with Crippen molar-refractivity contribution >= 4 is 11.6 Å². The van der Waals surface area contributed by atoms with E-state index in [2.05, 4.69) is 16.3 Å². The van der Waals surface area contributed by atoms with Gasteiger partial charge in [-0.25, -0.2) is 0 Å². The van der Waals surface area contributed by atoms with Crippen LogP contribution >= 0.6 is 0 Å². The third-order valence-corrected chi connectivity index (χ3v) is 3.27. The van der Waals surface area contributed by atoms with Gasteiger partial charge in [-0.2, -0.15) is 5.26 Å². The van der Waals surface area contributed by atoms with Gasteiger partial charge in [0.1, 0.15) is 0 Å². The van der Waals surface area contributed by atoms with Crippen molar-refractivity contribution in [2.24, 2.45) is 0 Å². The van der Waals surface area contributed by atoms with Crippen molar-refractivity contribution in [3.63, 3.8) is 0 Å². The maximum absolute atomic E-state index is 12.0. The second-order valence-corrected chi connectivity index (χ2v) is 4.94. The molecule has 0 aliphatic heterocycles. The third kappa shape index (κ3) is 4.34. The summed E-state index contributed by atoms with van der Waals surface area (Å²) in [4.78, 5) is 14.2. The van der Waals surface area contributed by atoms with Gasteiger partial charge in [-0.3, -0.25) is 9.69 Å². The molecule has 1 saturated carbocycles. The summed E-state index contributed by atoms with van der Waals surface area (Å²) in [6.07, 6.45) is 2.31. The topological polar surface area (TPSA) is 65.4 Å². The smallest absolute Gasteiger partial charge is 0.238 e. The summed E-state index contributed by atoms with van der Waals surface area (Å²) in [7, 11) is 1.67. The van der Waals surface area contributed by atoms with Crippen molar-refractivity contribution in [2.45, 2.75) is 18.9 Å². The van der Waals surface area contributed by atoms with Crippen LogP contribution in [0.3, 0.4) is 0 Å². The van der Waals surface area contributed by atoms with Crippen LogP contribution in [0.5, 0.6) is 0 Å². The molecule has 1 aromatic rings. The normalized spacial score (nSPS) is 14.1. The Morgan fingerprint density at radius 2 is 2.35 bits per heavy atom. The highest BCUT2D eigenvalue weighted by atomic mass is 16.5. The van der Waals surface area contributed by atoms with Gasteiger partial charge in [-0.15, -0.1) is 0 Å². The minimum absolute atomic E-state index is 0.0527. The van der Waals surface area contributed by atoms with Crippen LogP contribution in [0.25, 0.3) is 0 Å². The molecule has 0 heterocycles. The summed E-state index contributed by atoms with van der Waals surface area (Å²) >= 11 is 0. The number of nitrogens with zero attached hydrogens (tertiary/aromatic N) is 2. The van der Waals surface area contributed by atoms with E-state index in [-0.39, 0.29) is 5.91 Å². The average Bonchev–Trinajstić information content (AvgIpc) is 3.28. The number of nitrogens with one attached hydrogen (secondary N) is 1. The second-order valence-electron chi connectivity index (χ2n) is 4.94. The molecular weight excluding hydrogens is 254 g/mol. The third-order valence-electron chi connectivity index (χ3n) is 3.27. The van der Waals surface area contributed by atoms with Gasteiger partial charge in [0.15, 0.2) is 0 Å². The molecule has 106 valence electrons. The fourth-order valence-electron chi connectivity index (χ4n) is 2.09. The number of methoxy groups -OCH3 is 1. The highest BCUT2D eigenvalue weighted by molar-refractivity contribution is 5.92. The van der Waals surface area contributed by atoms with E-state index in [1.54, 1.807) is 31.4 Å². The lowest BCUT2D eigenvalue weighted by atomic mass is 10.2. The Morgan fingerprint density at radius 1 is 1.55 bits per heavy atom. The molecule has 1 fully saturated rings. The van der Waals surface area contributed by atoms with E-state index in [0.29, 0.717) is 30.4 Å². The van der Waals surface area contributed by atoms with Gasteiger partial charge in [-0.05, 0) is 31.0 Å². The minimum Gasteiger partial charge on any atom is -0.383 e. The number of rotatable bonds is 7. The van der Waals surface area contributed by atoms with Crippen LogP contribution in [0, 0.1) is 11.3 Å². The van der Waals surface area contributed by atoms with Crippen molar-refractivity contribution in [2.75, 3.05) is 32.1 Å². The molecule has 1 aliphatic carbocycles. The molecule has 0 radical (unpaired) electrons. The van der Waals surface area contributed by atoms with Crippen molar-refractivity contribution in [1.29, 1.82) is 5.26 Å². The first-order chi connectivity index (χ1) is 9.72. The molecule has 20 heavy (non-hydrogen) atoms. The van der Waals surface area contributed by atoms with Crippen LogP contribution in [0.1, 0.15) is 18.4 Å². The van der Waals surface area contributed by atoms with Crippen LogP contribution in [-0.2, 0) is 9.53 Å². The molecule has 1 amide bonds. The van der Waals surface area contributed by atoms with Gasteiger partial charge in [0.2, 0.25) is 5.91 Å². The first kappa shape index (κ1) is 14.5. The zero-order chi connectivity index (χ0) is 14.4. The maximum Gasteiger partial charge on any atom is 0.238 e. The molecule has 5 nitrogen and oxygen atoms in total. The Balaban J connectivity index is 1.88. The zero-order valence-electron chi connectivity index (χ0n) is 11.6. The monoisotopic (exact) mass is 273 g/mol. The quantitative estimate of drug-likeness (QED) is 0.819. The number of carbonyl (C=O) groups is 1. The molecule has 1 aliphatic rings. The van der Waals surface area contributed by atoms with E-state index in [0.717, 1.165) is 19.4 Å². The standard InChI is InChI=1S/C15H19N3O2/c1-20-8-7-18(14-5-6-14)11-15(19)17-13-4-2-3-12(9-13)10-16/h2-4,9,14H,5-8,11H2,1H3,(H,17,19). The van der Waals surface area contributed by atoms with Crippen molar-refractivity contribution in [3.05, 3.63) is 29.8 Å². The summed E-state index contributed by atoms with van der Waals surface area (Å²) < 4.78 is 5.07. The molecule has 2 rings (SSSR count). The van der Waals surface area contributed by atoms with Crippen LogP contribution in [0.2, 0.25) is 0 Å². The molecule has 0 spiro atoms. The van der Waals surface area contributed by atoms with E-state index in [4.69, 9.17) is 10.00 Å². The molecule has 0 unspecified atom stereocenters. The number of hydrogen-bond acceptors (Lipinski definition) is 4. The predicted octanol–water partition coefficient (Wildman–Crippen LogP) is 1.61. The Labute approximate surface area is 119 Å².